The van der Waals surface area contributed by atoms with Gasteiger partial charge in [-0.1, -0.05) is 13.8 Å². The highest BCUT2D eigenvalue weighted by atomic mass is 15.2. The van der Waals surface area contributed by atoms with Gasteiger partial charge in [0.25, 0.3) is 0 Å². The van der Waals surface area contributed by atoms with E-state index in [0.717, 1.165) is 18.5 Å². The third kappa shape index (κ3) is 1.38. The van der Waals surface area contributed by atoms with Gasteiger partial charge in [0.15, 0.2) is 0 Å². The van der Waals surface area contributed by atoms with Gasteiger partial charge in [0.05, 0.1) is 0 Å². The first-order valence-electron chi connectivity index (χ1n) is 5.07. The molecule has 70 valence electrons. The third-order valence-corrected chi connectivity index (χ3v) is 3.55. The van der Waals surface area contributed by atoms with Gasteiger partial charge < -0.3 is 5.73 Å². The zero-order valence-corrected chi connectivity index (χ0v) is 8.21. The van der Waals surface area contributed by atoms with Crippen molar-refractivity contribution in [2.24, 2.45) is 17.1 Å². The maximum Gasteiger partial charge on any atom is 0.0153 e. The Morgan fingerprint density at radius 1 is 1.50 bits per heavy atom. The van der Waals surface area contributed by atoms with Gasteiger partial charge in [0.2, 0.25) is 0 Å². The van der Waals surface area contributed by atoms with Gasteiger partial charge >= 0.3 is 0 Å². The molecule has 2 N–H and O–H groups in total. The van der Waals surface area contributed by atoms with Gasteiger partial charge in [-0.25, -0.2) is 0 Å². The first-order valence-corrected chi connectivity index (χ1v) is 5.07. The van der Waals surface area contributed by atoms with E-state index in [0.29, 0.717) is 5.41 Å². The standard InChI is InChI=1S/C10H20N2/c1-10(2)5-9(10)12-4-3-8(6-11)7-12/h8-9H,3-7,11H2,1-2H3. The Morgan fingerprint density at radius 2 is 2.17 bits per heavy atom. The maximum absolute atomic E-state index is 5.66. The molecule has 2 fully saturated rings. The van der Waals surface area contributed by atoms with Crippen LogP contribution in [0.4, 0.5) is 0 Å². The van der Waals surface area contributed by atoms with Crippen molar-refractivity contribution in [2.75, 3.05) is 19.6 Å². The van der Waals surface area contributed by atoms with Gasteiger partial charge in [-0.05, 0) is 37.3 Å². The van der Waals surface area contributed by atoms with Crippen molar-refractivity contribution in [3.63, 3.8) is 0 Å². The van der Waals surface area contributed by atoms with Gasteiger partial charge in [-0.2, -0.15) is 0 Å². The third-order valence-electron chi connectivity index (χ3n) is 3.55. The lowest BCUT2D eigenvalue weighted by Gasteiger charge is -2.17. The van der Waals surface area contributed by atoms with E-state index in [4.69, 9.17) is 5.73 Å². The maximum atomic E-state index is 5.66. The largest absolute Gasteiger partial charge is 0.330 e. The highest BCUT2D eigenvalue weighted by molar-refractivity contribution is 5.04. The van der Waals surface area contributed by atoms with E-state index in [9.17, 15) is 0 Å². The van der Waals surface area contributed by atoms with Crippen LogP contribution in [0.5, 0.6) is 0 Å². The molecule has 0 radical (unpaired) electrons. The Balaban J connectivity index is 1.85. The second-order valence-corrected chi connectivity index (χ2v) is 5.09. The minimum Gasteiger partial charge on any atom is -0.330 e. The Hall–Kier alpha value is -0.0800. The summed E-state index contributed by atoms with van der Waals surface area (Å²) in [5.41, 5.74) is 6.26. The summed E-state index contributed by atoms with van der Waals surface area (Å²) in [5, 5.41) is 0. The summed E-state index contributed by atoms with van der Waals surface area (Å²) in [6, 6.07) is 0.869. The number of nitrogens with two attached hydrogens (primary N) is 1. The summed E-state index contributed by atoms with van der Waals surface area (Å²) < 4.78 is 0. The smallest absolute Gasteiger partial charge is 0.0153 e. The fraction of sp³-hybridized carbons (Fsp3) is 1.00. The highest BCUT2D eigenvalue weighted by Crippen LogP contribution is 2.49. The summed E-state index contributed by atoms with van der Waals surface area (Å²) in [6.45, 7) is 8.16. The first-order chi connectivity index (χ1) is 5.63. The lowest BCUT2D eigenvalue weighted by atomic mass is 10.1. The van der Waals surface area contributed by atoms with Crippen LogP contribution in [0.25, 0.3) is 0 Å². The van der Waals surface area contributed by atoms with Gasteiger partial charge in [0.1, 0.15) is 0 Å². The normalized spacial score (nSPS) is 40.2. The van der Waals surface area contributed by atoms with Crippen molar-refractivity contribution in [2.45, 2.75) is 32.7 Å². The number of rotatable bonds is 2. The SMILES string of the molecule is CC1(C)CC1N1CCC(CN)C1. The van der Waals surface area contributed by atoms with Crippen molar-refractivity contribution in [1.82, 2.24) is 4.90 Å². The molecule has 1 saturated carbocycles. The van der Waals surface area contributed by atoms with E-state index in [1.54, 1.807) is 0 Å². The van der Waals surface area contributed by atoms with Gasteiger partial charge in [-0.15, -0.1) is 0 Å². The van der Waals surface area contributed by atoms with Crippen molar-refractivity contribution >= 4 is 0 Å². The molecule has 1 saturated heterocycles. The Bertz CT molecular complexity index is 177. The van der Waals surface area contributed by atoms with Crippen LogP contribution in [-0.4, -0.2) is 30.6 Å². The van der Waals surface area contributed by atoms with Crippen LogP contribution in [0.1, 0.15) is 26.7 Å². The van der Waals surface area contributed by atoms with E-state index >= 15 is 0 Å². The van der Waals surface area contributed by atoms with Crippen LogP contribution in [0, 0.1) is 11.3 Å². The summed E-state index contributed by atoms with van der Waals surface area (Å²) in [4.78, 5) is 2.64. The highest BCUT2D eigenvalue weighted by Gasteiger charge is 2.50. The molecule has 1 heterocycles. The first kappa shape index (κ1) is 8.52. The molecule has 12 heavy (non-hydrogen) atoms. The molecule has 2 unspecified atom stereocenters. The summed E-state index contributed by atoms with van der Waals surface area (Å²) >= 11 is 0. The molecular formula is C10H20N2. The Kier molecular flexibility index (Phi) is 1.92. The van der Waals surface area contributed by atoms with Gasteiger partial charge in [-0.3, -0.25) is 4.90 Å². The molecular weight excluding hydrogens is 148 g/mol. The molecule has 0 amide bonds. The molecule has 0 aromatic heterocycles. The Morgan fingerprint density at radius 3 is 2.58 bits per heavy atom. The van der Waals surface area contributed by atoms with E-state index in [2.05, 4.69) is 18.7 Å². The van der Waals surface area contributed by atoms with Crippen LogP contribution in [0.3, 0.4) is 0 Å². The van der Waals surface area contributed by atoms with Crippen LogP contribution < -0.4 is 5.73 Å². The quantitative estimate of drug-likeness (QED) is 0.668. The van der Waals surface area contributed by atoms with E-state index in [1.807, 2.05) is 0 Å². The summed E-state index contributed by atoms with van der Waals surface area (Å²) in [7, 11) is 0. The van der Waals surface area contributed by atoms with Crippen molar-refractivity contribution in [1.29, 1.82) is 0 Å². The van der Waals surface area contributed by atoms with E-state index < -0.39 is 0 Å². The van der Waals surface area contributed by atoms with Crippen LogP contribution in [0.15, 0.2) is 0 Å². The molecule has 0 aromatic carbocycles. The lowest BCUT2D eigenvalue weighted by molar-refractivity contribution is 0.280. The second kappa shape index (κ2) is 2.71. The topological polar surface area (TPSA) is 29.3 Å². The zero-order chi connectivity index (χ0) is 8.77. The van der Waals surface area contributed by atoms with Gasteiger partial charge in [0, 0.05) is 12.6 Å². The number of hydrogen-bond acceptors (Lipinski definition) is 2. The summed E-state index contributed by atoms with van der Waals surface area (Å²) in [6.07, 6.45) is 2.72. The second-order valence-electron chi connectivity index (χ2n) is 5.09. The number of hydrogen-bond donors (Lipinski definition) is 1. The fourth-order valence-electron chi connectivity index (χ4n) is 2.40. The molecule has 1 aliphatic heterocycles. The molecule has 2 heteroatoms. The molecule has 2 rings (SSSR count). The average molecular weight is 168 g/mol. The number of nitrogens with zero attached hydrogens (tertiary/aromatic N) is 1. The predicted octanol–water partition coefficient (Wildman–Crippen LogP) is 1.07. The number of likely N-dealkylation sites (tertiary alicyclic amines) is 1. The molecule has 0 bridgehead atoms. The van der Waals surface area contributed by atoms with E-state index in [1.165, 1.54) is 25.9 Å². The molecule has 2 aliphatic rings. The van der Waals surface area contributed by atoms with Crippen molar-refractivity contribution in [3.05, 3.63) is 0 Å². The minimum atomic E-state index is 0.601. The molecule has 0 spiro atoms. The lowest BCUT2D eigenvalue weighted by Crippen LogP contribution is -2.27. The molecule has 0 aromatic rings. The fourth-order valence-corrected chi connectivity index (χ4v) is 2.40. The Labute approximate surface area is 75.1 Å². The van der Waals surface area contributed by atoms with Crippen molar-refractivity contribution in [3.8, 4) is 0 Å². The summed E-state index contributed by atoms with van der Waals surface area (Å²) in [5.74, 6) is 0.779. The van der Waals surface area contributed by atoms with Crippen LogP contribution in [-0.2, 0) is 0 Å². The zero-order valence-electron chi connectivity index (χ0n) is 8.21. The molecule has 2 nitrogen and oxygen atoms in total. The molecule has 2 atom stereocenters. The van der Waals surface area contributed by atoms with Crippen LogP contribution in [0.2, 0.25) is 0 Å². The average Bonchev–Trinajstić information content (AvgIpc) is 2.52. The minimum absolute atomic E-state index is 0.601. The van der Waals surface area contributed by atoms with Crippen molar-refractivity contribution < 1.29 is 0 Å². The monoisotopic (exact) mass is 168 g/mol. The van der Waals surface area contributed by atoms with Crippen LogP contribution >= 0.6 is 0 Å². The van der Waals surface area contributed by atoms with E-state index in [-0.39, 0.29) is 0 Å². The molecule has 1 aliphatic carbocycles. The predicted molar refractivity (Wildman–Crippen MR) is 50.9 cm³/mol.